The van der Waals surface area contributed by atoms with E-state index in [4.69, 9.17) is 4.74 Å². The molecule has 0 radical (unpaired) electrons. The molecule has 0 heterocycles. The molecule has 0 aliphatic heterocycles. The number of methoxy groups -OCH3 is 1. The van der Waals surface area contributed by atoms with E-state index < -0.39 is 0 Å². The van der Waals surface area contributed by atoms with Crippen LogP contribution in [0.15, 0.2) is 10.5 Å². The highest BCUT2D eigenvalue weighted by atomic mass is 79.9. The molecule has 2 nitrogen and oxygen atoms in total. The van der Waals surface area contributed by atoms with Crippen LogP contribution in [0.3, 0.4) is 0 Å². The van der Waals surface area contributed by atoms with E-state index in [0.717, 1.165) is 23.2 Å². The van der Waals surface area contributed by atoms with Crippen LogP contribution in [0.25, 0.3) is 0 Å². The minimum absolute atomic E-state index is 0.344. The lowest BCUT2D eigenvalue weighted by Gasteiger charge is -2.26. The van der Waals surface area contributed by atoms with Crippen LogP contribution < -0.4 is 10.1 Å². The molecule has 1 unspecified atom stereocenters. The first-order valence-corrected chi connectivity index (χ1v) is 7.78. The highest BCUT2D eigenvalue weighted by Crippen LogP contribution is 2.38. The molecule has 1 atom stereocenters. The maximum atomic E-state index is 5.66. The molecule has 0 aliphatic carbocycles. The Morgan fingerprint density at radius 1 is 1.32 bits per heavy atom. The zero-order chi connectivity index (χ0) is 14.6. The van der Waals surface area contributed by atoms with Gasteiger partial charge in [-0.25, -0.2) is 0 Å². The number of halogens is 1. The van der Waals surface area contributed by atoms with Crippen molar-refractivity contribution in [2.45, 2.75) is 47.1 Å². The lowest BCUT2D eigenvalue weighted by Crippen LogP contribution is -2.24. The lowest BCUT2D eigenvalue weighted by molar-refractivity contribution is 0.380. The van der Waals surface area contributed by atoms with Gasteiger partial charge in [0, 0.05) is 16.1 Å². The van der Waals surface area contributed by atoms with Crippen LogP contribution in [0.1, 0.15) is 49.9 Å². The van der Waals surface area contributed by atoms with Gasteiger partial charge in [0.05, 0.1) is 7.11 Å². The summed E-state index contributed by atoms with van der Waals surface area (Å²) in [5.74, 6) is 1.67. The number of hydrogen-bond donors (Lipinski definition) is 1. The van der Waals surface area contributed by atoms with Gasteiger partial charge in [-0.2, -0.15) is 0 Å². The average Bonchev–Trinajstić information content (AvgIpc) is 2.32. The first kappa shape index (κ1) is 16.5. The maximum Gasteiger partial charge on any atom is 0.126 e. The van der Waals surface area contributed by atoms with Crippen molar-refractivity contribution in [1.29, 1.82) is 0 Å². The molecule has 0 amide bonds. The summed E-state index contributed by atoms with van der Waals surface area (Å²) in [5, 5.41) is 3.60. The van der Waals surface area contributed by atoms with Crippen LogP contribution >= 0.6 is 15.9 Å². The molecule has 1 aromatic carbocycles. The second-order valence-corrected chi connectivity index (χ2v) is 6.34. The largest absolute Gasteiger partial charge is 0.496 e. The Bertz CT molecular complexity index is 429. The van der Waals surface area contributed by atoms with Gasteiger partial charge in [0.1, 0.15) is 5.75 Å². The summed E-state index contributed by atoms with van der Waals surface area (Å²) in [7, 11) is 1.76. The Kier molecular flexibility index (Phi) is 6.34. The van der Waals surface area contributed by atoms with Crippen LogP contribution in [0.5, 0.6) is 5.75 Å². The normalized spacial score (nSPS) is 12.8. The van der Waals surface area contributed by atoms with Crippen LogP contribution in [0.2, 0.25) is 0 Å². The highest BCUT2D eigenvalue weighted by molar-refractivity contribution is 9.10. The molecule has 0 saturated heterocycles. The number of nitrogens with one attached hydrogen (secondary N) is 1. The Morgan fingerprint density at radius 3 is 2.42 bits per heavy atom. The van der Waals surface area contributed by atoms with Gasteiger partial charge in [-0.15, -0.1) is 0 Å². The summed E-state index contributed by atoms with van der Waals surface area (Å²) in [6.07, 6.45) is 1.11. The average molecular weight is 328 g/mol. The number of hydrogen-bond acceptors (Lipinski definition) is 2. The Hall–Kier alpha value is -0.540. The fourth-order valence-electron chi connectivity index (χ4n) is 2.59. The monoisotopic (exact) mass is 327 g/mol. The van der Waals surface area contributed by atoms with Gasteiger partial charge in [-0.1, -0.05) is 36.7 Å². The quantitative estimate of drug-likeness (QED) is 0.812. The van der Waals surface area contributed by atoms with Crippen LogP contribution in [-0.4, -0.2) is 13.7 Å². The van der Waals surface area contributed by atoms with E-state index in [9.17, 15) is 0 Å². The first-order valence-electron chi connectivity index (χ1n) is 6.99. The van der Waals surface area contributed by atoms with Gasteiger partial charge in [-0.05, 0) is 49.9 Å². The van der Waals surface area contributed by atoms with Crippen molar-refractivity contribution in [2.75, 3.05) is 13.7 Å². The van der Waals surface area contributed by atoms with Crippen molar-refractivity contribution in [3.63, 3.8) is 0 Å². The van der Waals surface area contributed by atoms with Crippen molar-refractivity contribution < 1.29 is 4.74 Å². The molecular formula is C16H26BrNO. The smallest absolute Gasteiger partial charge is 0.126 e. The van der Waals surface area contributed by atoms with Crippen molar-refractivity contribution in [1.82, 2.24) is 5.32 Å². The van der Waals surface area contributed by atoms with E-state index in [2.05, 4.69) is 61.9 Å². The van der Waals surface area contributed by atoms with Crippen LogP contribution in [0.4, 0.5) is 0 Å². The third-order valence-corrected chi connectivity index (χ3v) is 4.24. The van der Waals surface area contributed by atoms with Gasteiger partial charge in [0.2, 0.25) is 0 Å². The first-order chi connectivity index (χ1) is 8.92. The number of ether oxygens (including phenoxy) is 1. The van der Waals surface area contributed by atoms with E-state index in [0.29, 0.717) is 12.0 Å². The molecule has 108 valence electrons. The topological polar surface area (TPSA) is 21.3 Å². The van der Waals surface area contributed by atoms with Crippen LogP contribution in [-0.2, 0) is 0 Å². The second kappa shape index (κ2) is 7.30. The zero-order valence-corrected chi connectivity index (χ0v) is 14.5. The Labute approximate surface area is 126 Å². The van der Waals surface area contributed by atoms with E-state index in [-0.39, 0.29) is 0 Å². The van der Waals surface area contributed by atoms with Crippen molar-refractivity contribution in [3.8, 4) is 5.75 Å². The highest BCUT2D eigenvalue weighted by Gasteiger charge is 2.22. The van der Waals surface area contributed by atoms with E-state index >= 15 is 0 Å². The van der Waals surface area contributed by atoms with Crippen molar-refractivity contribution >= 4 is 15.9 Å². The van der Waals surface area contributed by atoms with E-state index in [1.54, 1.807) is 7.11 Å². The van der Waals surface area contributed by atoms with Crippen molar-refractivity contribution in [2.24, 2.45) is 5.92 Å². The number of aryl methyl sites for hydroxylation is 1. The lowest BCUT2D eigenvalue weighted by atomic mass is 9.91. The van der Waals surface area contributed by atoms with Crippen molar-refractivity contribution in [3.05, 3.63) is 27.2 Å². The second-order valence-electron chi connectivity index (χ2n) is 5.49. The van der Waals surface area contributed by atoms with Gasteiger partial charge in [-0.3, -0.25) is 0 Å². The SMILES string of the molecule is CCNC(CC(C)C)c1c(C)c(Br)cc(C)c1OC. The minimum atomic E-state index is 0.344. The fourth-order valence-corrected chi connectivity index (χ4v) is 3.14. The molecule has 0 spiro atoms. The summed E-state index contributed by atoms with van der Waals surface area (Å²) in [6.45, 7) is 11.9. The fraction of sp³-hybridized carbons (Fsp3) is 0.625. The standard InChI is InChI=1S/C16H26BrNO/c1-7-18-14(8-10(2)3)15-12(5)13(17)9-11(4)16(15)19-6/h9-10,14,18H,7-8H2,1-6H3. The summed E-state index contributed by atoms with van der Waals surface area (Å²) >= 11 is 3.66. The Balaban J connectivity index is 3.34. The number of benzene rings is 1. The van der Waals surface area contributed by atoms with E-state index in [1.807, 2.05) is 0 Å². The molecule has 19 heavy (non-hydrogen) atoms. The molecule has 0 saturated carbocycles. The van der Waals surface area contributed by atoms with Gasteiger partial charge in [0.25, 0.3) is 0 Å². The molecule has 0 aliphatic rings. The molecule has 1 aromatic rings. The third kappa shape index (κ3) is 3.96. The summed E-state index contributed by atoms with van der Waals surface area (Å²) in [4.78, 5) is 0. The van der Waals surface area contributed by atoms with Crippen LogP contribution in [0, 0.1) is 19.8 Å². The number of rotatable bonds is 6. The van der Waals surface area contributed by atoms with E-state index in [1.165, 1.54) is 16.7 Å². The zero-order valence-electron chi connectivity index (χ0n) is 12.9. The molecule has 0 aromatic heterocycles. The predicted molar refractivity (Wildman–Crippen MR) is 86.0 cm³/mol. The molecule has 3 heteroatoms. The predicted octanol–water partition coefficient (Wildman–Crippen LogP) is 4.77. The summed E-state index contributed by atoms with van der Waals surface area (Å²) < 4.78 is 6.82. The molecule has 0 fully saturated rings. The molecule has 1 N–H and O–H groups in total. The molecule has 1 rings (SSSR count). The van der Waals surface area contributed by atoms with Gasteiger partial charge < -0.3 is 10.1 Å². The minimum Gasteiger partial charge on any atom is -0.496 e. The summed E-state index contributed by atoms with van der Waals surface area (Å²) in [5.41, 5.74) is 3.75. The van der Waals surface area contributed by atoms with Gasteiger partial charge >= 0.3 is 0 Å². The Morgan fingerprint density at radius 2 is 1.95 bits per heavy atom. The summed E-state index contributed by atoms with van der Waals surface area (Å²) in [6, 6.07) is 2.48. The van der Waals surface area contributed by atoms with Gasteiger partial charge in [0.15, 0.2) is 0 Å². The maximum absolute atomic E-state index is 5.66. The molecular weight excluding hydrogens is 302 g/mol. The molecule has 0 bridgehead atoms. The third-order valence-electron chi connectivity index (χ3n) is 3.42.